The van der Waals surface area contributed by atoms with E-state index >= 15 is 0 Å². The molecule has 1 heterocycles. The number of para-hydroxylation sites is 1. The van der Waals surface area contributed by atoms with E-state index in [9.17, 15) is 27.9 Å². The molecule has 1 fully saturated rings. The molecule has 0 aromatic heterocycles. The van der Waals surface area contributed by atoms with E-state index in [1.165, 1.54) is 35.2 Å². The Hall–Kier alpha value is -3.44. The van der Waals surface area contributed by atoms with Crippen LogP contribution in [0, 0.1) is 0 Å². The van der Waals surface area contributed by atoms with Crippen molar-refractivity contribution >= 4 is 39.2 Å². The number of hydrogen-bond acceptors (Lipinski definition) is 6. The summed E-state index contributed by atoms with van der Waals surface area (Å²) in [6.07, 6.45) is 0.0841. The van der Waals surface area contributed by atoms with Gasteiger partial charge in [-0.15, -0.1) is 0 Å². The summed E-state index contributed by atoms with van der Waals surface area (Å²) in [5.41, 5.74) is -0.118. The molecule has 0 unspecified atom stereocenters. The van der Waals surface area contributed by atoms with Crippen LogP contribution in [0.1, 0.15) is 43.1 Å². The quantitative estimate of drug-likeness (QED) is 0.546. The number of amides is 4. The van der Waals surface area contributed by atoms with Crippen molar-refractivity contribution in [3.8, 4) is 5.75 Å². The first-order chi connectivity index (χ1) is 14.8. The predicted molar refractivity (Wildman–Crippen MR) is 118 cm³/mol. The first-order valence-electron chi connectivity index (χ1n) is 9.71. The zero-order chi connectivity index (χ0) is 23.8. The lowest BCUT2D eigenvalue weighted by molar-refractivity contribution is -0.120. The van der Waals surface area contributed by atoms with Gasteiger partial charge in [0.2, 0.25) is 15.9 Å². The van der Waals surface area contributed by atoms with E-state index in [1.54, 1.807) is 6.07 Å². The number of benzene rings is 2. The molecule has 1 aliphatic heterocycles. The Morgan fingerprint density at radius 3 is 2.44 bits per heavy atom. The molecular weight excluding hydrogens is 436 g/mol. The molecular formula is C21H24N4O6S. The minimum Gasteiger partial charge on any atom is -0.507 e. The van der Waals surface area contributed by atoms with E-state index < -0.39 is 33.3 Å². The molecule has 1 saturated heterocycles. The summed E-state index contributed by atoms with van der Waals surface area (Å²) >= 11 is 0. The molecule has 5 N–H and O–H groups in total. The smallest absolute Gasteiger partial charge is 0.328 e. The molecule has 0 radical (unpaired) electrons. The van der Waals surface area contributed by atoms with Crippen molar-refractivity contribution in [1.29, 1.82) is 0 Å². The van der Waals surface area contributed by atoms with Crippen molar-refractivity contribution in [2.75, 3.05) is 16.8 Å². The number of phenols is 1. The van der Waals surface area contributed by atoms with Crippen molar-refractivity contribution in [2.24, 2.45) is 5.14 Å². The summed E-state index contributed by atoms with van der Waals surface area (Å²) < 4.78 is 23.7. The van der Waals surface area contributed by atoms with Crippen LogP contribution in [0.3, 0.4) is 0 Å². The number of primary sulfonamides is 1. The number of phenolic OH excluding ortho intramolecular Hbond substituents is 1. The molecule has 0 aliphatic carbocycles. The number of imide groups is 1. The van der Waals surface area contributed by atoms with Crippen molar-refractivity contribution in [1.82, 2.24) is 5.32 Å². The average molecular weight is 461 g/mol. The first kappa shape index (κ1) is 23.2. The van der Waals surface area contributed by atoms with Gasteiger partial charge in [0.25, 0.3) is 5.91 Å². The highest BCUT2D eigenvalue weighted by Crippen LogP contribution is 2.38. The van der Waals surface area contributed by atoms with Gasteiger partial charge in [0, 0.05) is 24.2 Å². The van der Waals surface area contributed by atoms with Crippen LogP contribution in [-0.4, -0.2) is 37.9 Å². The fourth-order valence-electron chi connectivity index (χ4n) is 3.34. The summed E-state index contributed by atoms with van der Waals surface area (Å²) in [7, 11) is -4.11. The van der Waals surface area contributed by atoms with Crippen molar-refractivity contribution in [3.05, 3.63) is 47.5 Å². The van der Waals surface area contributed by atoms with Crippen LogP contribution in [0.15, 0.2) is 41.3 Å². The van der Waals surface area contributed by atoms with Gasteiger partial charge < -0.3 is 10.4 Å². The number of nitrogens with two attached hydrogens (primary N) is 1. The number of rotatable bonds is 4. The number of sulfonamides is 1. The number of aromatic hydroxyl groups is 1. The molecule has 0 spiro atoms. The monoisotopic (exact) mass is 460 g/mol. The van der Waals surface area contributed by atoms with Crippen LogP contribution in [0.4, 0.5) is 16.2 Å². The predicted octanol–water partition coefficient (Wildman–Crippen LogP) is 2.04. The molecule has 1 aliphatic rings. The molecule has 0 atom stereocenters. The van der Waals surface area contributed by atoms with E-state index in [-0.39, 0.29) is 34.9 Å². The number of anilines is 2. The zero-order valence-electron chi connectivity index (χ0n) is 17.8. The van der Waals surface area contributed by atoms with Gasteiger partial charge >= 0.3 is 6.03 Å². The maximum Gasteiger partial charge on any atom is 0.328 e. The Balaban J connectivity index is 2.09. The summed E-state index contributed by atoms with van der Waals surface area (Å²) in [5.74, 6) is -1.50. The lowest BCUT2D eigenvalue weighted by Gasteiger charge is -2.29. The highest BCUT2D eigenvalue weighted by atomic mass is 32.2. The van der Waals surface area contributed by atoms with Crippen molar-refractivity contribution in [3.63, 3.8) is 0 Å². The van der Waals surface area contributed by atoms with E-state index in [0.29, 0.717) is 11.3 Å². The molecule has 0 bridgehead atoms. The molecule has 10 nitrogen and oxygen atoms in total. The summed E-state index contributed by atoms with van der Waals surface area (Å²) in [4.78, 5) is 37.9. The van der Waals surface area contributed by atoms with Gasteiger partial charge in [0.1, 0.15) is 10.6 Å². The Morgan fingerprint density at radius 2 is 1.84 bits per heavy atom. The van der Waals surface area contributed by atoms with E-state index in [0.717, 1.165) is 0 Å². The third-order valence-electron chi connectivity index (χ3n) is 4.95. The molecule has 0 saturated carbocycles. The zero-order valence-corrected chi connectivity index (χ0v) is 18.6. The van der Waals surface area contributed by atoms with Crippen molar-refractivity contribution < 1.29 is 27.9 Å². The van der Waals surface area contributed by atoms with Gasteiger partial charge in [-0.1, -0.05) is 32.9 Å². The molecule has 2 aromatic carbocycles. The minimum atomic E-state index is -4.11. The highest BCUT2D eigenvalue weighted by molar-refractivity contribution is 7.89. The Labute approximate surface area is 185 Å². The molecule has 4 amide bonds. The van der Waals surface area contributed by atoms with Crippen LogP contribution < -0.4 is 20.7 Å². The van der Waals surface area contributed by atoms with Crippen LogP contribution in [0.5, 0.6) is 5.75 Å². The van der Waals surface area contributed by atoms with E-state index in [2.05, 4.69) is 10.6 Å². The second kappa shape index (κ2) is 8.24. The number of nitrogens with one attached hydrogen (secondary N) is 2. The Morgan fingerprint density at radius 1 is 1.19 bits per heavy atom. The van der Waals surface area contributed by atoms with Gasteiger partial charge in [-0.05, 0) is 29.7 Å². The van der Waals surface area contributed by atoms with Gasteiger partial charge in [-0.3, -0.25) is 19.8 Å². The average Bonchev–Trinajstić information content (AvgIpc) is 2.67. The number of hydrogen-bond donors (Lipinski definition) is 4. The fourth-order valence-corrected chi connectivity index (χ4v) is 4.03. The minimum absolute atomic E-state index is 0.0524. The molecule has 170 valence electrons. The van der Waals surface area contributed by atoms with Crippen LogP contribution in [-0.2, 0) is 20.2 Å². The number of carbonyl (C=O) groups is 3. The van der Waals surface area contributed by atoms with Gasteiger partial charge in [-0.25, -0.2) is 18.4 Å². The Bertz CT molecular complexity index is 1220. The second-order valence-corrected chi connectivity index (χ2v) is 9.92. The summed E-state index contributed by atoms with van der Waals surface area (Å²) in [5, 5.41) is 20.8. The van der Waals surface area contributed by atoms with Gasteiger partial charge in [0.05, 0.1) is 11.3 Å². The van der Waals surface area contributed by atoms with Crippen LogP contribution in [0.25, 0.3) is 0 Å². The molecule has 32 heavy (non-hydrogen) atoms. The second-order valence-electron chi connectivity index (χ2n) is 8.39. The standard InChI is InChI=1S/C21H24N4O6S/c1-21(2,3)14-11-12(25-9-8-17(26)24-20(25)29)10-13(18(14)27)19(28)23-15-6-4-5-7-16(15)32(22,30)31/h4-7,10-11,27H,8-9H2,1-3H3,(H,23,28)(H2,22,30,31)(H,24,26,29). The number of urea groups is 1. The summed E-state index contributed by atoms with van der Waals surface area (Å²) in [6.45, 7) is 5.57. The third kappa shape index (κ3) is 4.73. The topological polar surface area (TPSA) is 159 Å². The number of nitrogens with zero attached hydrogens (tertiary/aromatic N) is 1. The van der Waals surface area contributed by atoms with Crippen LogP contribution >= 0.6 is 0 Å². The van der Waals surface area contributed by atoms with Crippen molar-refractivity contribution in [2.45, 2.75) is 37.5 Å². The summed E-state index contributed by atoms with van der Waals surface area (Å²) in [6, 6.07) is 7.86. The first-order valence-corrected chi connectivity index (χ1v) is 11.3. The molecule has 2 aromatic rings. The molecule has 11 heteroatoms. The van der Waals surface area contributed by atoms with E-state index in [4.69, 9.17) is 5.14 Å². The van der Waals surface area contributed by atoms with Gasteiger partial charge in [-0.2, -0.15) is 0 Å². The number of carbonyl (C=O) groups excluding carboxylic acids is 3. The van der Waals surface area contributed by atoms with Gasteiger partial charge in [0.15, 0.2) is 0 Å². The molecule has 3 rings (SSSR count). The Kier molecular flexibility index (Phi) is 5.98. The maximum absolute atomic E-state index is 13.1. The SMILES string of the molecule is CC(C)(C)c1cc(N2CCC(=O)NC2=O)cc(C(=O)Nc2ccccc2S(N)(=O)=O)c1O. The maximum atomic E-state index is 13.1. The normalized spacial score (nSPS) is 14.8. The third-order valence-corrected chi connectivity index (χ3v) is 5.92. The largest absolute Gasteiger partial charge is 0.507 e. The lowest BCUT2D eigenvalue weighted by Crippen LogP contribution is -2.49. The fraction of sp³-hybridized carbons (Fsp3) is 0.286. The highest BCUT2D eigenvalue weighted by Gasteiger charge is 2.30. The van der Waals surface area contributed by atoms with E-state index in [1.807, 2.05) is 20.8 Å². The van der Waals surface area contributed by atoms with Crippen LogP contribution in [0.2, 0.25) is 0 Å². The lowest BCUT2D eigenvalue weighted by atomic mass is 9.84.